The molecular weight excluding hydrogens is 470 g/mol. The molecule has 0 spiro atoms. The van der Waals surface area contributed by atoms with E-state index in [0.29, 0.717) is 5.69 Å². The molecule has 0 saturated heterocycles. The summed E-state index contributed by atoms with van der Waals surface area (Å²) in [4.78, 5) is 43.9. The van der Waals surface area contributed by atoms with Crippen LogP contribution in [0.5, 0.6) is 0 Å². The van der Waals surface area contributed by atoms with Gasteiger partial charge in [-0.2, -0.15) is 0 Å². The Kier molecular flexibility index (Phi) is 7.22. The lowest BCUT2D eigenvalue weighted by Crippen LogP contribution is -2.34. The standard InChI is InChI=1S/C20H21N5O8S/c1-12-17(24(28)29)10-16(11-18(12)25(30)31)34(32,33)22-9-8-21-19(26)13-4-6-15(7-5-13)23-20(27)14-2-3-14/h4-7,10-11,14,22H,2-3,8-9H2,1H3,(H,21,26)(H,23,27). The minimum Gasteiger partial charge on any atom is -0.351 e. The monoisotopic (exact) mass is 491 g/mol. The summed E-state index contributed by atoms with van der Waals surface area (Å²) in [6.45, 7) is 0.774. The fourth-order valence-corrected chi connectivity index (χ4v) is 4.11. The molecule has 2 amide bonds. The van der Waals surface area contributed by atoms with E-state index in [1.54, 1.807) is 12.1 Å². The van der Waals surface area contributed by atoms with Crippen LogP contribution in [0.15, 0.2) is 41.3 Å². The van der Waals surface area contributed by atoms with Crippen LogP contribution in [-0.2, 0) is 14.8 Å². The summed E-state index contributed by atoms with van der Waals surface area (Å²) in [5, 5.41) is 27.6. The zero-order valence-electron chi connectivity index (χ0n) is 17.9. The number of nitro benzene ring substituents is 2. The predicted octanol–water partition coefficient (Wildman–Crippen LogP) is 1.87. The summed E-state index contributed by atoms with van der Waals surface area (Å²) < 4.78 is 27.1. The fourth-order valence-electron chi connectivity index (χ4n) is 3.03. The molecule has 180 valence electrons. The third-order valence-electron chi connectivity index (χ3n) is 5.10. The molecule has 0 aromatic heterocycles. The number of hydrogen-bond acceptors (Lipinski definition) is 8. The highest BCUT2D eigenvalue weighted by Crippen LogP contribution is 2.31. The first kappa shape index (κ1) is 24.7. The number of amides is 2. The smallest absolute Gasteiger partial charge is 0.280 e. The van der Waals surface area contributed by atoms with E-state index in [4.69, 9.17) is 0 Å². The van der Waals surface area contributed by atoms with Gasteiger partial charge in [0.15, 0.2) is 0 Å². The molecule has 0 heterocycles. The molecule has 0 atom stereocenters. The number of nitrogens with one attached hydrogen (secondary N) is 3. The number of anilines is 1. The number of carbonyl (C=O) groups excluding carboxylic acids is 2. The minimum atomic E-state index is -4.32. The molecule has 0 radical (unpaired) electrons. The molecule has 3 N–H and O–H groups in total. The van der Waals surface area contributed by atoms with Gasteiger partial charge in [0.05, 0.1) is 14.7 Å². The Bertz CT molecular complexity index is 1220. The second kappa shape index (κ2) is 9.93. The van der Waals surface area contributed by atoms with Crippen molar-refractivity contribution in [2.45, 2.75) is 24.7 Å². The minimum absolute atomic E-state index is 0.0453. The van der Waals surface area contributed by atoms with Crippen molar-refractivity contribution in [3.63, 3.8) is 0 Å². The second-order valence-electron chi connectivity index (χ2n) is 7.60. The molecule has 1 fully saturated rings. The Morgan fingerprint density at radius 1 is 1.00 bits per heavy atom. The number of carbonyl (C=O) groups is 2. The van der Waals surface area contributed by atoms with Crippen LogP contribution in [0, 0.1) is 33.1 Å². The largest absolute Gasteiger partial charge is 0.351 e. The topological polar surface area (TPSA) is 191 Å². The van der Waals surface area contributed by atoms with Gasteiger partial charge in [0.2, 0.25) is 15.9 Å². The van der Waals surface area contributed by atoms with Gasteiger partial charge in [-0.3, -0.25) is 29.8 Å². The molecule has 3 rings (SSSR count). The van der Waals surface area contributed by atoms with Crippen molar-refractivity contribution in [1.82, 2.24) is 10.0 Å². The van der Waals surface area contributed by atoms with E-state index in [2.05, 4.69) is 15.4 Å². The molecule has 13 nitrogen and oxygen atoms in total. The Labute approximate surface area is 193 Å². The number of benzene rings is 2. The van der Waals surface area contributed by atoms with Gasteiger partial charge >= 0.3 is 0 Å². The Balaban J connectivity index is 1.57. The van der Waals surface area contributed by atoms with Gasteiger partial charge in [-0.15, -0.1) is 0 Å². The average Bonchev–Trinajstić information content (AvgIpc) is 3.62. The summed E-state index contributed by atoms with van der Waals surface area (Å²) in [6, 6.07) is 7.66. The van der Waals surface area contributed by atoms with Gasteiger partial charge in [0.25, 0.3) is 17.3 Å². The zero-order valence-corrected chi connectivity index (χ0v) is 18.8. The van der Waals surface area contributed by atoms with E-state index in [0.717, 1.165) is 31.9 Å². The van der Waals surface area contributed by atoms with Crippen LogP contribution in [-0.4, -0.2) is 43.2 Å². The van der Waals surface area contributed by atoms with E-state index >= 15 is 0 Å². The quantitative estimate of drug-likeness (QED) is 0.255. The normalized spacial score (nSPS) is 13.2. The Morgan fingerprint density at radius 2 is 1.56 bits per heavy atom. The summed E-state index contributed by atoms with van der Waals surface area (Å²) in [7, 11) is -4.32. The number of nitro groups is 2. The van der Waals surface area contributed by atoms with Crippen molar-refractivity contribution in [2.75, 3.05) is 18.4 Å². The van der Waals surface area contributed by atoms with Crippen LogP contribution in [0.4, 0.5) is 17.1 Å². The molecule has 1 aliphatic carbocycles. The molecular formula is C20H21N5O8S. The Morgan fingerprint density at radius 3 is 2.06 bits per heavy atom. The van der Waals surface area contributed by atoms with Gasteiger partial charge in [0, 0.05) is 42.4 Å². The van der Waals surface area contributed by atoms with Crippen LogP contribution in [0.25, 0.3) is 0 Å². The number of nitrogens with zero attached hydrogens (tertiary/aromatic N) is 2. The van der Waals surface area contributed by atoms with Crippen LogP contribution in [0.2, 0.25) is 0 Å². The maximum Gasteiger partial charge on any atom is 0.280 e. The van der Waals surface area contributed by atoms with E-state index < -0.39 is 42.0 Å². The summed E-state index contributed by atoms with van der Waals surface area (Å²) in [6.07, 6.45) is 1.74. The highest BCUT2D eigenvalue weighted by molar-refractivity contribution is 7.89. The molecule has 2 aromatic carbocycles. The van der Waals surface area contributed by atoms with Gasteiger partial charge in [0.1, 0.15) is 5.56 Å². The molecule has 2 aromatic rings. The maximum absolute atomic E-state index is 12.5. The lowest BCUT2D eigenvalue weighted by Gasteiger charge is -2.10. The average molecular weight is 491 g/mol. The van der Waals surface area contributed by atoms with Gasteiger partial charge in [-0.25, -0.2) is 13.1 Å². The molecule has 14 heteroatoms. The second-order valence-corrected chi connectivity index (χ2v) is 9.36. The van der Waals surface area contributed by atoms with Crippen molar-refractivity contribution in [3.8, 4) is 0 Å². The lowest BCUT2D eigenvalue weighted by atomic mass is 10.1. The van der Waals surface area contributed by atoms with Crippen LogP contribution in [0.1, 0.15) is 28.8 Å². The van der Waals surface area contributed by atoms with Crippen molar-refractivity contribution in [1.29, 1.82) is 0 Å². The van der Waals surface area contributed by atoms with Crippen LogP contribution < -0.4 is 15.4 Å². The third-order valence-corrected chi connectivity index (χ3v) is 6.54. The summed E-state index contributed by atoms with van der Waals surface area (Å²) in [5.41, 5.74) is -0.807. The van der Waals surface area contributed by atoms with Gasteiger partial charge in [-0.1, -0.05) is 0 Å². The van der Waals surface area contributed by atoms with Crippen molar-refractivity contribution >= 4 is 38.9 Å². The van der Waals surface area contributed by atoms with Crippen LogP contribution in [0.3, 0.4) is 0 Å². The SMILES string of the molecule is Cc1c([N+](=O)[O-])cc(S(=O)(=O)NCCNC(=O)c2ccc(NC(=O)C3CC3)cc2)cc1[N+](=O)[O-]. The fraction of sp³-hybridized carbons (Fsp3) is 0.300. The number of hydrogen-bond donors (Lipinski definition) is 3. The summed E-state index contributed by atoms with van der Waals surface area (Å²) >= 11 is 0. The molecule has 1 saturated carbocycles. The number of sulfonamides is 1. The first-order valence-corrected chi connectivity index (χ1v) is 11.6. The zero-order chi connectivity index (χ0) is 25.0. The van der Waals surface area contributed by atoms with E-state index in [1.807, 2.05) is 0 Å². The van der Waals surface area contributed by atoms with E-state index in [-0.39, 0.29) is 36.0 Å². The molecule has 1 aliphatic rings. The maximum atomic E-state index is 12.5. The predicted molar refractivity (Wildman–Crippen MR) is 120 cm³/mol. The highest BCUT2D eigenvalue weighted by atomic mass is 32.2. The van der Waals surface area contributed by atoms with Gasteiger partial charge in [-0.05, 0) is 44.0 Å². The van der Waals surface area contributed by atoms with E-state index in [1.165, 1.54) is 12.1 Å². The lowest BCUT2D eigenvalue weighted by molar-refractivity contribution is -0.395. The molecule has 0 unspecified atom stereocenters. The first-order valence-electron chi connectivity index (χ1n) is 10.1. The highest BCUT2D eigenvalue weighted by Gasteiger charge is 2.30. The first-order chi connectivity index (χ1) is 16.0. The summed E-state index contributed by atoms with van der Waals surface area (Å²) in [5.74, 6) is -0.501. The van der Waals surface area contributed by atoms with Crippen LogP contribution >= 0.6 is 0 Å². The third kappa shape index (κ3) is 5.90. The Hall–Kier alpha value is -3.91. The van der Waals surface area contributed by atoms with Crippen molar-refractivity contribution in [2.24, 2.45) is 5.92 Å². The molecule has 0 bridgehead atoms. The number of rotatable bonds is 10. The van der Waals surface area contributed by atoms with Gasteiger partial charge < -0.3 is 10.6 Å². The van der Waals surface area contributed by atoms with E-state index in [9.17, 15) is 38.2 Å². The van der Waals surface area contributed by atoms with Crippen molar-refractivity contribution < 1.29 is 27.9 Å². The van der Waals surface area contributed by atoms with Crippen molar-refractivity contribution in [3.05, 3.63) is 67.8 Å². The molecule has 34 heavy (non-hydrogen) atoms. The molecule has 0 aliphatic heterocycles.